The van der Waals surface area contributed by atoms with Crippen LogP contribution in [0.2, 0.25) is 0 Å². The van der Waals surface area contributed by atoms with Gasteiger partial charge in [0.15, 0.2) is 0 Å². The van der Waals surface area contributed by atoms with E-state index in [2.05, 4.69) is 29.2 Å². The summed E-state index contributed by atoms with van der Waals surface area (Å²) < 4.78 is 17.2. The van der Waals surface area contributed by atoms with E-state index in [1.165, 1.54) is 48.6 Å². The first-order valence-corrected chi connectivity index (χ1v) is 13.0. The summed E-state index contributed by atoms with van der Waals surface area (Å²) >= 11 is 0. The Morgan fingerprint density at radius 3 is 2.78 bits per heavy atom. The number of anilines is 1. The van der Waals surface area contributed by atoms with Crippen LogP contribution in [0.25, 0.3) is 11.1 Å². The van der Waals surface area contributed by atoms with Crippen molar-refractivity contribution in [3.05, 3.63) is 71.4 Å². The van der Waals surface area contributed by atoms with E-state index < -0.39 is 0 Å². The van der Waals surface area contributed by atoms with Crippen LogP contribution in [0.4, 0.5) is 5.82 Å². The highest BCUT2D eigenvalue weighted by molar-refractivity contribution is 5.79. The van der Waals surface area contributed by atoms with Crippen LogP contribution in [0.1, 0.15) is 60.8 Å². The first-order valence-electron chi connectivity index (χ1n) is 13.0. The van der Waals surface area contributed by atoms with Crippen LogP contribution in [0.15, 0.2) is 54.7 Å². The van der Waals surface area contributed by atoms with Crippen molar-refractivity contribution in [3.63, 3.8) is 0 Å². The molecular weight excluding hydrogens is 452 g/mol. The molecule has 2 aliphatic heterocycles. The number of rotatable bonds is 6. The van der Waals surface area contributed by atoms with E-state index in [-0.39, 0.29) is 18.0 Å². The second kappa shape index (κ2) is 9.84. The van der Waals surface area contributed by atoms with Crippen LogP contribution in [-0.2, 0) is 16.0 Å². The summed E-state index contributed by atoms with van der Waals surface area (Å²) in [6, 6.07) is 16.8. The summed E-state index contributed by atoms with van der Waals surface area (Å²) in [6.45, 7) is 2.64. The Balaban J connectivity index is 1.24. The van der Waals surface area contributed by atoms with E-state index in [1.54, 1.807) is 0 Å². The number of pyridine rings is 1. The lowest BCUT2D eigenvalue weighted by molar-refractivity contribution is -0.141. The summed E-state index contributed by atoms with van der Waals surface area (Å²) in [5, 5.41) is 0. The first-order chi connectivity index (χ1) is 17.7. The topological polar surface area (TPSA) is 60.9 Å². The van der Waals surface area contributed by atoms with E-state index in [1.807, 2.05) is 30.5 Å². The average Bonchev–Trinajstić information content (AvgIpc) is 3.53. The minimum Gasteiger partial charge on any atom is -0.492 e. The molecule has 0 unspecified atom stereocenters. The molecule has 36 heavy (non-hydrogen) atoms. The standard InChI is InChI=1S/C30H32N2O4/c1-34-29(33)17-20-19-35-28-18-21(10-11-22(20)28)36-27-13-12-24-23(7-5-8-25(24)27)26-9-6-14-31-30(26)32-15-3-2-4-16-32/h5-11,14,18,20,27H,2-4,12-13,15-17,19H2,1H3/t20-,27-/m1/s1. The zero-order valence-electron chi connectivity index (χ0n) is 20.7. The van der Waals surface area contributed by atoms with Gasteiger partial charge in [0.2, 0.25) is 0 Å². The van der Waals surface area contributed by atoms with Gasteiger partial charge in [-0.3, -0.25) is 4.79 Å². The van der Waals surface area contributed by atoms with Crippen LogP contribution >= 0.6 is 0 Å². The molecule has 3 aliphatic rings. The number of carbonyl (C=O) groups is 1. The molecule has 1 aliphatic carbocycles. The number of aromatic nitrogens is 1. The van der Waals surface area contributed by atoms with Gasteiger partial charge in [-0.05, 0) is 67.0 Å². The lowest BCUT2D eigenvalue weighted by atomic mass is 9.96. The van der Waals surface area contributed by atoms with Crippen LogP contribution < -0.4 is 14.4 Å². The van der Waals surface area contributed by atoms with Crippen molar-refractivity contribution in [2.45, 2.75) is 50.5 Å². The van der Waals surface area contributed by atoms with E-state index >= 15 is 0 Å². The normalized spacial score (nSPS) is 20.4. The molecule has 0 amide bonds. The van der Waals surface area contributed by atoms with Crippen molar-refractivity contribution in [3.8, 4) is 22.6 Å². The molecule has 3 aromatic rings. The molecule has 6 rings (SSSR count). The Labute approximate surface area is 212 Å². The number of ether oxygens (including phenoxy) is 3. The smallest absolute Gasteiger partial charge is 0.306 e. The highest BCUT2D eigenvalue weighted by Gasteiger charge is 2.30. The van der Waals surface area contributed by atoms with E-state index in [9.17, 15) is 4.79 Å². The Morgan fingerprint density at radius 2 is 1.92 bits per heavy atom. The predicted octanol–water partition coefficient (Wildman–Crippen LogP) is 5.84. The minimum absolute atomic E-state index is 0.000349. The van der Waals surface area contributed by atoms with Gasteiger partial charge < -0.3 is 19.1 Å². The lowest BCUT2D eigenvalue weighted by Crippen LogP contribution is -2.30. The van der Waals surface area contributed by atoms with Gasteiger partial charge in [0.25, 0.3) is 0 Å². The van der Waals surface area contributed by atoms with Crippen molar-refractivity contribution < 1.29 is 19.0 Å². The Morgan fingerprint density at radius 1 is 1.06 bits per heavy atom. The van der Waals surface area contributed by atoms with Crippen molar-refractivity contribution in [1.82, 2.24) is 4.98 Å². The summed E-state index contributed by atoms with van der Waals surface area (Å²) in [4.78, 5) is 19.0. The molecule has 186 valence electrons. The van der Waals surface area contributed by atoms with E-state index in [0.717, 1.165) is 48.8 Å². The van der Waals surface area contributed by atoms with Crippen molar-refractivity contribution in [2.75, 3.05) is 31.7 Å². The number of fused-ring (bicyclic) bond motifs is 2. The molecule has 3 heterocycles. The monoisotopic (exact) mass is 484 g/mol. The van der Waals surface area contributed by atoms with Crippen LogP contribution in [-0.4, -0.2) is 37.8 Å². The fraction of sp³-hybridized carbons (Fsp3) is 0.400. The number of piperidine rings is 1. The SMILES string of the molecule is COC(=O)C[C@@H]1COc2cc(O[C@@H]3CCc4c(-c5cccnc5N5CCCCC5)cccc43)ccc21. The molecule has 1 fully saturated rings. The number of nitrogens with zero attached hydrogens (tertiary/aromatic N) is 2. The van der Waals surface area contributed by atoms with E-state index in [4.69, 9.17) is 19.2 Å². The average molecular weight is 485 g/mol. The van der Waals surface area contributed by atoms with Gasteiger partial charge in [0.05, 0.1) is 20.1 Å². The summed E-state index contributed by atoms with van der Waals surface area (Å²) in [5.74, 6) is 2.52. The molecule has 1 saturated heterocycles. The number of hydrogen-bond acceptors (Lipinski definition) is 6. The zero-order chi connectivity index (χ0) is 24.5. The largest absolute Gasteiger partial charge is 0.492 e. The molecule has 6 heteroatoms. The number of benzene rings is 2. The highest BCUT2D eigenvalue weighted by Crippen LogP contribution is 2.44. The lowest BCUT2D eigenvalue weighted by Gasteiger charge is -2.29. The third-order valence-corrected chi connectivity index (χ3v) is 7.73. The molecule has 0 saturated carbocycles. The van der Waals surface area contributed by atoms with Gasteiger partial charge >= 0.3 is 5.97 Å². The molecule has 0 spiro atoms. The first kappa shape index (κ1) is 22.9. The van der Waals surface area contributed by atoms with Gasteiger partial charge in [0, 0.05) is 42.4 Å². The number of esters is 1. The second-order valence-electron chi connectivity index (χ2n) is 9.93. The molecule has 0 bridgehead atoms. The highest BCUT2D eigenvalue weighted by atomic mass is 16.5. The van der Waals surface area contributed by atoms with Gasteiger partial charge in [-0.2, -0.15) is 0 Å². The van der Waals surface area contributed by atoms with Gasteiger partial charge in [-0.1, -0.05) is 24.3 Å². The maximum absolute atomic E-state index is 11.7. The molecule has 2 aromatic carbocycles. The molecule has 0 N–H and O–H groups in total. The fourth-order valence-electron chi connectivity index (χ4n) is 5.90. The maximum Gasteiger partial charge on any atom is 0.306 e. The molecule has 1 aromatic heterocycles. The third-order valence-electron chi connectivity index (χ3n) is 7.73. The quantitative estimate of drug-likeness (QED) is 0.410. The Bertz CT molecular complexity index is 1270. The number of carbonyl (C=O) groups excluding carboxylic acids is 1. The number of hydrogen-bond donors (Lipinski definition) is 0. The van der Waals surface area contributed by atoms with Crippen molar-refractivity contribution >= 4 is 11.8 Å². The Kier molecular flexibility index (Phi) is 6.26. The molecule has 0 radical (unpaired) electrons. The van der Waals surface area contributed by atoms with Crippen molar-refractivity contribution in [1.29, 1.82) is 0 Å². The zero-order valence-corrected chi connectivity index (χ0v) is 20.7. The van der Waals surface area contributed by atoms with Crippen LogP contribution in [0, 0.1) is 0 Å². The maximum atomic E-state index is 11.7. The number of methoxy groups -OCH3 is 1. The van der Waals surface area contributed by atoms with E-state index in [0.29, 0.717) is 13.0 Å². The van der Waals surface area contributed by atoms with Gasteiger partial charge in [-0.25, -0.2) is 4.98 Å². The summed E-state index contributed by atoms with van der Waals surface area (Å²) in [7, 11) is 1.42. The van der Waals surface area contributed by atoms with Gasteiger partial charge in [-0.15, -0.1) is 0 Å². The summed E-state index contributed by atoms with van der Waals surface area (Å²) in [6.07, 6.45) is 7.92. The molecule has 2 atom stereocenters. The summed E-state index contributed by atoms with van der Waals surface area (Å²) in [5.41, 5.74) is 6.16. The van der Waals surface area contributed by atoms with Gasteiger partial charge in [0.1, 0.15) is 23.4 Å². The second-order valence-corrected chi connectivity index (χ2v) is 9.93. The predicted molar refractivity (Wildman–Crippen MR) is 139 cm³/mol. The van der Waals surface area contributed by atoms with Crippen LogP contribution in [0.5, 0.6) is 11.5 Å². The minimum atomic E-state index is -0.216. The molecule has 6 nitrogen and oxygen atoms in total. The Hall–Kier alpha value is -3.54. The fourth-order valence-corrected chi connectivity index (χ4v) is 5.90. The van der Waals surface area contributed by atoms with Crippen LogP contribution in [0.3, 0.4) is 0 Å². The molecular formula is C30H32N2O4. The van der Waals surface area contributed by atoms with Crippen molar-refractivity contribution in [2.24, 2.45) is 0 Å². The third kappa shape index (κ3) is 4.29.